The summed E-state index contributed by atoms with van der Waals surface area (Å²) in [6.45, 7) is 12.3. The van der Waals surface area contributed by atoms with Gasteiger partial charge < -0.3 is 10.2 Å². The molecule has 2 heteroatoms. The molecule has 1 fully saturated rings. The quantitative estimate of drug-likeness (QED) is 0.588. The third-order valence-corrected chi connectivity index (χ3v) is 4.85. The van der Waals surface area contributed by atoms with E-state index in [4.69, 9.17) is 0 Å². The van der Waals surface area contributed by atoms with E-state index in [1.165, 1.54) is 84.0 Å². The predicted octanol–water partition coefficient (Wildman–Crippen LogP) is 4.69. The highest BCUT2D eigenvalue weighted by Crippen LogP contribution is 2.22. The average Bonchev–Trinajstić information content (AvgIpc) is 2.43. The third-order valence-electron chi connectivity index (χ3n) is 4.85. The second-order valence-corrected chi connectivity index (χ2v) is 8.27. The molecule has 0 bridgehead atoms. The van der Waals surface area contributed by atoms with E-state index in [2.05, 4.69) is 38.0 Å². The van der Waals surface area contributed by atoms with E-state index < -0.39 is 0 Å². The van der Waals surface area contributed by atoms with Crippen molar-refractivity contribution in [3.63, 3.8) is 0 Å². The van der Waals surface area contributed by atoms with Gasteiger partial charge in [-0.2, -0.15) is 0 Å². The maximum Gasteiger partial charge on any atom is -0.00156 e. The van der Waals surface area contributed by atoms with Gasteiger partial charge in [0.25, 0.3) is 0 Å². The minimum absolute atomic E-state index is 0.527. The summed E-state index contributed by atoms with van der Waals surface area (Å²) in [5.41, 5.74) is 0.527. The number of rotatable bonds is 10. The van der Waals surface area contributed by atoms with E-state index in [9.17, 15) is 0 Å². The summed E-state index contributed by atoms with van der Waals surface area (Å²) >= 11 is 0. The van der Waals surface area contributed by atoms with Gasteiger partial charge >= 0.3 is 0 Å². The summed E-state index contributed by atoms with van der Waals surface area (Å²) in [5.74, 6) is 0.925. The number of hydrogen-bond donors (Lipinski definition) is 1. The van der Waals surface area contributed by atoms with Gasteiger partial charge in [0.2, 0.25) is 0 Å². The van der Waals surface area contributed by atoms with Crippen LogP contribution in [0.3, 0.4) is 0 Å². The fourth-order valence-electron chi connectivity index (χ4n) is 3.40. The SMILES string of the molecule is CNCC1CCN(CCCCCCCCC(C)(C)C)CC1. The molecule has 1 heterocycles. The van der Waals surface area contributed by atoms with Crippen LogP contribution >= 0.6 is 0 Å². The highest BCUT2D eigenvalue weighted by atomic mass is 15.1. The summed E-state index contributed by atoms with van der Waals surface area (Å²) in [6, 6.07) is 0. The lowest BCUT2D eigenvalue weighted by Crippen LogP contribution is -2.37. The monoisotopic (exact) mass is 296 g/mol. The smallest absolute Gasteiger partial charge is 0.00156 e. The van der Waals surface area contributed by atoms with Crippen LogP contribution in [0.2, 0.25) is 0 Å². The molecule has 1 aliphatic rings. The van der Waals surface area contributed by atoms with Gasteiger partial charge in [0.1, 0.15) is 0 Å². The molecular formula is C19H40N2. The highest BCUT2D eigenvalue weighted by molar-refractivity contribution is 4.73. The molecule has 126 valence electrons. The Balaban J connectivity index is 1.87. The van der Waals surface area contributed by atoms with Gasteiger partial charge in [-0.15, -0.1) is 0 Å². The fraction of sp³-hybridized carbons (Fsp3) is 1.00. The van der Waals surface area contributed by atoms with E-state index in [1.807, 2.05) is 0 Å². The molecular weight excluding hydrogens is 256 g/mol. The van der Waals surface area contributed by atoms with E-state index >= 15 is 0 Å². The van der Waals surface area contributed by atoms with Gasteiger partial charge in [-0.3, -0.25) is 0 Å². The maximum atomic E-state index is 3.32. The van der Waals surface area contributed by atoms with Crippen LogP contribution in [0, 0.1) is 11.3 Å². The van der Waals surface area contributed by atoms with Gasteiger partial charge in [-0.1, -0.05) is 52.9 Å². The molecule has 1 saturated heterocycles. The first-order chi connectivity index (χ1) is 10.0. The molecule has 2 nitrogen and oxygen atoms in total. The van der Waals surface area contributed by atoms with E-state index in [0.29, 0.717) is 5.41 Å². The second kappa shape index (κ2) is 10.6. The Morgan fingerprint density at radius 1 is 0.905 bits per heavy atom. The van der Waals surface area contributed by atoms with Gasteiger partial charge in [0.05, 0.1) is 0 Å². The molecule has 0 aromatic rings. The zero-order valence-corrected chi connectivity index (χ0v) is 15.2. The van der Waals surface area contributed by atoms with Crippen molar-refractivity contribution in [1.29, 1.82) is 0 Å². The number of piperidine rings is 1. The molecule has 0 atom stereocenters. The van der Waals surface area contributed by atoms with Crippen LogP contribution in [-0.4, -0.2) is 38.1 Å². The number of nitrogens with zero attached hydrogens (tertiary/aromatic N) is 1. The minimum atomic E-state index is 0.527. The van der Waals surface area contributed by atoms with Crippen LogP contribution in [0.25, 0.3) is 0 Å². The first kappa shape index (κ1) is 19.0. The number of nitrogens with one attached hydrogen (secondary N) is 1. The molecule has 0 aromatic heterocycles. The third kappa shape index (κ3) is 10.3. The van der Waals surface area contributed by atoms with E-state index in [1.54, 1.807) is 0 Å². The van der Waals surface area contributed by atoms with Gasteiger partial charge in [-0.25, -0.2) is 0 Å². The Labute approximate surface area is 134 Å². The Morgan fingerprint density at radius 3 is 2.05 bits per heavy atom. The summed E-state index contributed by atoms with van der Waals surface area (Å²) < 4.78 is 0. The van der Waals surface area contributed by atoms with Gasteiger partial charge in [0, 0.05) is 0 Å². The van der Waals surface area contributed by atoms with Crippen LogP contribution in [0.4, 0.5) is 0 Å². The van der Waals surface area contributed by atoms with Crippen molar-refractivity contribution < 1.29 is 0 Å². The molecule has 0 saturated carbocycles. The second-order valence-electron chi connectivity index (χ2n) is 8.27. The molecule has 0 radical (unpaired) electrons. The minimum Gasteiger partial charge on any atom is -0.319 e. The molecule has 0 unspecified atom stereocenters. The van der Waals surface area contributed by atoms with Gasteiger partial charge in [0.15, 0.2) is 0 Å². The zero-order valence-electron chi connectivity index (χ0n) is 15.2. The Kier molecular flexibility index (Phi) is 9.59. The summed E-state index contributed by atoms with van der Waals surface area (Å²) in [4.78, 5) is 2.69. The normalized spacial score (nSPS) is 18.3. The van der Waals surface area contributed by atoms with Crippen molar-refractivity contribution in [2.24, 2.45) is 11.3 Å². The van der Waals surface area contributed by atoms with Crippen LogP contribution in [-0.2, 0) is 0 Å². The van der Waals surface area contributed by atoms with Crippen LogP contribution < -0.4 is 5.32 Å². The van der Waals surface area contributed by atoms with Crippen molar-refractivity contribution in [3.05, 3.63) is 0 Å². The van der Waals surface area contributed by atoms with Crippen molar-refractivity contribution in [2.75, 3.05) is 33.2 Å². The molecule has 1 N–H and O–H groups in total. The Morgan fingerprint density at radius 2 is 1.48 bits per heavy atom. The molecule has 1 aliphatic heterocycles. The molecule has 0 aliphatic carbocycles. The maximum absolute atomic E-state index is 3.32. The number of likely N-dealkylation sites (tertiary alicyclic amines) is 1. The number of hydrogen-bond acceptors (Lipinski definition) is 2. The molecule has 21 heavy (non-hydrogen) atoms. The summed E-state index contributed by atoms with van der Waals surface area (Å²) in [5, 5.41) is 3.32. The van der Waals surface area contributed by atoms with Gasteiger partial charge in [-0.05, 0) is 70.2 Å². The largest absolute Gasteiger partial charge is 0.319 e. The molecule has 0 spiro atoms. The Hall–Kier alpha value is -0.0800. The molecule has 0 aromatic carbocycles. The highest BCUT2D eigenvalue weighted by Gasteiger charge is 2.17. The molecule has 1 rings (SSSR count). The van der Waals surface area contributed by atoms with Crippen molar-refractivity contribution >= 4 is 0 Å². The summed E-state index contributed by atoms with van der Waals surface area (Å²) in [6.07, 6.45) is 12.8. The number of unbranched alkanes of at least 4 members (excludes halogenated alkanes) is 5. The molecule has 0 amide bonds. The zero-order chi connectivity index (χ0) is 15.6. The van der Waals surface area contributed by atoms with E-state index in [-0.39, 0.29) is 0 Å². The first-order valence-corrected chi connectivity index (χ1v) is 9.38. The lowest BCUT2D eigenvalue weighted by molar-refractivity contribution is 0.180. The first-order valence-electron chi connectivity index (χ1n) is 9.38. The Bertz CT molecular complexity index is 236. The van der Waals surface area contributed by atoms with Crippen LogP contribution in [0.15, 0.2) is 0 Å². The average molecular weight is 297 g/mol. The standard InChI is InChI=1S/C19H40N2/c1-19(2,3)13-9-7-5-6-8-10-14-21-15-11-18(12-16-21)17-20-4/h18,20H,5-17H2,1-4H3. The van der Waals surface area contributed by atoms with Crippen molar-refractivity contribution in [3.8, 4) is 0 Å². The topological polar surface area (TPSA) is 15.3 Å². The lowest BCUT2D eigenvalue weighted by atomic mass is 9.89. The predicted molar refractivity (Wildman–Crippen MR) is 94.9 cm³/mol. The van der Waals surface area contributed by atoms with E-state index in [0.717, 1.165) is 5.92 Å². The van der Waals surface area contributed by atoms with Crippen LogP contribution in [0.5, 0.6) is 0 Å². The van der Waals surface area contributed by atoms with Crippen LogP contribution in [0.1, 0.15) is 78.6 Å². The summed E-state index contributed by atoms with van der Waals surface area (Å²) in [7, 11) is 2.08. The fourth-order valence-corrected chi connectivity index (χ4v) is 3.40. The lowest BCUT2D eigenvalue weighted by Gasteiger charge is -2.31. The van der Waals surface area contributed by atoms with Crippen molar-refractivity contribution in [2.45, 2.75) is 78.6 Å². The van der Waals surface area contributed by atoms with Crippen molar-refractivity contribution in [1.82, 2.24) is 10.2 Å².